The number of nitrogens with zero attached hydrogens (tertiary/aromatic N) is 4. The van der Waals surface area contributed by atoms with Crippen LogP contribution in [0.5, 0.6) is 0 Å². The molecular formula is C13H21N7O. The number of carbonyl (C=O) groups is 1. The van der Waals surface area contributed by atoms with Crippen LogP contribution in [0, 0.1) is 0 Å². The molecule has 0 aliphatic heterocycles. The lowest BCUT2D eigenvalue weighted by molar-refractivity contribution is -0.120. The summed E-state index contributed by atoms with van der Waals surface area (Å²) in [6, 6.07) is 0.104. The summed E-state index contributed by atoms with van der Waals surface area (Å²) in [5.41, 5.74) is 3.22. The third-order valence-corrected chi connectivity index (χ3v) is 2.97. The molecule has 0 aromatic carbocycles. The number of hydrogen-bond acceptors (Lipinski definition) is 6. The van der Waals surface area contributed by atoms with Crippen LogP contribution in [0.3, 0.4) is 0 Å². The number of nitrogens with one attached hydrogen (secondary N) is 2. The Bertz CT molecular complexity index is 622. The fraction of sp³-hybridized carbons (Fsp3) is 0.462. The van der Waals surface area contributed by atoms with E-state index in [0.717, 1.165) is 0 Å². The number of aromatic nitrogens is 3. The first-order valence-corrected chi connectivity index (χ1v) is 6.89. The normalized spacial score (nSPS) is 10.9. The van der Waals surface area contributed by atoms with Crippen molar-refractivity contribution in [2.45, 2.75) is 26.8 Å². The van der Waals surface area contributed by atoms with Crippen molar-refractivity contribution >= 4 is 23.2 Å². The SMILES string of the molecule is CCN(CC(=O)NC(C)C)c1nc(NN)cn2ccnc12. The molecule has 0 unspecified atom stereocenters. The summed E-state index contributed by atoms with van der Waals surface area (Å²) in [4.78, 5) is 22.5. The largest absolute Gasteiger partial charge is 0.352 e. The summed E-state index contributed by atoms with van der Waals surface area (Å²) in [5, 5.41) is 2.87. The standard InChI is InChI=1S/C13H21N7O/c1-4-19(8-11(21)16-9(2)3)13-12-15-5-6-20(12)7-10(17-13)18-14/h5-7,9,18H,4,8,14H2,1-3H3,(H,16,21). The first-order valence-electron chi connectivity index (χ1n) is 6.89. The molecule has 0 aliphatic carbocycles. The van der Waals surface area contributed by atoms with Gasteiger partial charge in [-0.05, 0) is 20.8 Å². The summed E-state index contributed by atoms with van der Waals surface area (Å²) in [6.07, 6.45) is 5.24. The molecule has 0 atom stereocenters. The van der Waals surface area contributed by atoms with Crippen molar-refractivity contribution in [3.05, 3.63) is 18.6 Å². The van der Waals surface area contributed by atoms with Gasteiger partial charge in [-0.3, -0.25) is 4.79 Å². The molecular weight excluding hydrogens is 270 g/mol. The van der Waals surface area contributed by atoms with E-state index in [0.29, 0.717) is 23.8 Å². The van der Waals surface area contributed by atoms with E-state index in [9.17, 15) is 4.79 Å². The Morgan fingerprint density at radius 3 is 2.90 bits per heavy atom. The van der Waals surface area contributed by atoms with Gasteiger partial charge in [-0.2, -0.15) is 0 Å². The van der Waals surface area contributed by atoms with Crippen molar-refractivity contribution in [1.29, 1.82) is 0 Å². The zero-order valence-corrected chi connectivity index (χ0v) is 12.5. The van der Waals surface area contributed by atoms with Crippen molar-refractivity contribution in [3.8, 4) is 0 Å². The number of nitrogen functional groups attached to an aromatic ring is 1. The zero-order chi connectivity index (χ0) is 15.4. The minimum atomic E-state index is -0.0514. The number of hydrazine groups is 1. The van der Waals surface area contributed by atoms with Crippen molar-refractivity contribution in [1.82, 2.24) is 19.7 Å². The Hall–Kier alpha value is -2.35. The summed E-state index contributed by atoms with van der Waals surface area (Å²) < 4.78 is 1.82. The van der Waals surface area contributed by atoms with E-state index in [1.54, 1.807) is 12.4 Å². The van der Waals surface area contributed by atoms with Crippen LogP contribution < -0.4 is 21.5 Å². The van der Waals surface area contributed by atoms with E-state index >= 15 is 0 Å². The maximum absolute atomic E-state index is 12.0. The molecule has 0 aliphatic rings. The van der Waals surface area contributed by atoms with Crippen molar-refractivity contribution in [3.63, 3.8) is 0 Å². The Labute approximate surface area is 123 Å². The van der Waals surface area contributed by atoms with Gasteiger partial charge in [0.05, 0.1) is 12.7 Å². The molecule has 4 N–H and O–H groups in total. The third kappa shape index (κ3) is 3.40. The van der Waals surface area contributed by atoms with Crippen LogP contribution >= 0.6 is 0 Å². The lowest BCUT2D eigenvalue weighted by Crippen LogP contribution is -2.40. The monoisotopic (exact) mass is 291 g/mol. The number of carbonyl (C=O) groups excluding carboxylic acids is 1. The molecule has 2 heterocycles. The van der Waals surface area contributed by atoms with E-state index in [4.69, 9.17) is 5.84 Å². The highest BCUT2D eigenvalue weighted by molar-refractivity contribution is 5.83. The van der Waals surface area contributed by atoms with Gasteiger partial charge in [0.25, 0.3) is 0 Å². The Morgan fingerprint density at radius 1 is 1.52 bits per heavy atom. The van der Waals surface area contributed by atoms with Crippen LogP contribution in [0.25, 0.3) is 5.65 Å². The molecule has 21 heavy (non-hydrogen) atoms. The molecule has 1 amide bonds. The topological polar surface area (TPSA) is 101 Å². The molecule has 8 nitrogen and oxygen atoms in total. The second kappa shape index (κ2) is 6.40. The number of rotatable bonds is 6. The quantitative estimate of drug-likeness (QED) is 0.525. The van der Waals surface area contributed by atoms with Gasteiger partial charge in [-0.1, -0.05) is 0 Å². The van der Waals surface area contributed by atoms with Crippen LogP contribution in [0.1, 0.15) is 20.8 Å². The first kappa shape index (κ1) is 15.0. The van der Waals surface area contributed by atoms with Crippen molar-refractivity contribution < 1.29 is 4.79 Å². The lowest BCUT2D eigenvalue weighted by atomic mass is 10.3. The first-order chi connectivity index (χ1) is 10.0. The maximum atomic E-state index is 12.0. The molecule has 2 aromatic heterocycles. The van der Waals surface area contributed by atoms with E-state index in [1.165, 1.54) is 0 Å². The molecule has 0 radical (unpaired) electrons. The molecule has 0 bridgehead atoms. The maximum Gasteiger partial charge on any atom is 0.239 e. The number of fused-ring (bicyclic) bond motifs is 1. The van der Waals surface area contributed by atoms with Crippen molar-refractivity contribution in [2.24, 2.45) is 5.84 Å². The van der Waals surface area contributed by atoms with Crippen molar-refractivity contribution in [2.75, 3.05) is 23.4 Å². The van der Waals surface area contributed by atoms with E-state index in [1.807, 2.05) is 36.3 Å². The predicted molar refractivity (Wildman–Crippen MR) is 82.0 cm³/mol. The van der Waals surface area contributed by atoms with Gasteiger partial charge in [-0.15, -0.1) is 0 Å². The zero-order valence-electron chi connectivity index (χ0n) is 12.5. The van der Waals surface area contributed by atoms with Crippen LogP contribution in [-0.4, -0.2) is 39.4 Å². The lowest BCUT2D eigenvalue weighted by Gasteiger charge is -2.23. The number of nitrogens with two attached hydrogens (primary N) is 1. The minimum Gasteiger partial charge on any atom is -0.352 e. The molecule has 2 aromatic rings. The van der Waals surface area contributed by atoms with E-state index in [-0.39, 0.29) is 18.5 Å². The van der Waals surface area contributed by atoms with Gasteiger partial charge in [0, 0.05) is 25.0 Å². The summed E-state index contributed by atoms with van der Waals surface area (Å²) in [5.74, 6) is 6.53. The smallest absolute Gasteiger partial charge is 0.239 e. The second-order valence-electron chi connectivity index (χ2n) is 4.99. The third-order valence-electron chi connectivity index (χ3n) is 2.97. The van der Waals surface area contributed by atoms with Gasteiger partial charge < -0.3 is 20.0 Å². The van der Waals surface area contributed by atoms with Crippen LogP contribution in [0.15, 0.2) is 18.6 Å². The van der Waals surface area contributed by atoms with Crippen LogP contribution in [0.2, 0.25) is 0 Å². The molecule has 0 saturated heterocycles. The minimum absolute atomic E-state index is 0.0514. The number of likely N-dealkylation sites (N-methyl/N-ethyl adjacent to an activating group) is 1. The van der Waals surface area contributed by atoms with Gasteiger partial charge in [0.1, 0.15) is 0 Å². The van der Waals surface area contributed by atoms with E-state index in [2.05, 4.69) is 20.7 Å². The molecule has 0 saturated carbocycles. The van der Waals surface area contributed by atoms with Gasteiger partial charge in [-0.25, -0.2) is 15.8 Å². The number of imidazole rings is 1. The Kier molecular flexibility index (Phi) is 4.59. The number of anilines is 2. The second-order valence-corrected chi connectivity index (χ2v) is 4.99. The molecule has 0 fully saturated rings. The van der Waals surface area contributed by atoms with Gasteiger partial charge in [0.2, 0.25) is 5.91 Å². The van der Waals surface area contributed by atoms with Gasteiger partial charge >= 0.3 is 0 Å². The number of amides is 1. The predicted octanol–water partition coefficient (Wildman–Crippen LogP) is 0.366. The molecule has 0 spiro atoms. The van der Waals surface area contributed by atoms with Crippen LogP contribution in [0.4, 0.5) is 11.6 Å². The average molecular weight is 291 g/mol. The fourth-order valence-electron chi connectivity index (χ4n) is 2.07. The highest BCUT2D eigenvalue weighted by Gasteiger charge is 2.17. The Balaban J connectivity index is 2.32. The van der Waals surface area contributed by atoms with Gasteiger partial charge in [0.15, 0.2) is 17.3 Å². The fourth-order valence-corrected chi connectivity index (χ4v) is 2.07. The molecule has 114 valence electrons. The average Bonchev–Trinajstić information content (AvgIpc) is 2.91. The summed E-state index contributed by atoms with van der Waals surface area (Å²) in [6.45, 7) is 6.68. The van der Waals surface area contributed by atoms with E-state index < -0.39 is 0 Å². The summed E-state index contributed by atoms with van der Waals surface area (Å²) >= 11 is 0. The number of hydrogen-bond donors (Lipinski definition) is 3. The Morgan fingerprint density at radius 2 is 2.29 bits per heavy atom. The highest BCUT2D eigenvalue weighted by Crippen LogP contribution is 2.20. The highest BCUT2D eigenvalue weighted by atomic mass is 16.2. The molecule has 2 rings (SSSR count). The van der Waals surface area contributed by atoms with Crippen LogP contribution in [-0.2, 0) is 4.79 Å². The summed E-state index contributed by atoms with van der Waals surface area (Å²) in [7, 11) is 0. The molecule has 8 heteroatoms.